The molecule has 0 atom stereocenters. The number of esters is 1. The van der Waals surface area contributed by atoms with Gasteiger partial charge in [0.25, 0.3) is 5.91 Å². The number of nitrogens with zero attached hydrogens (tertiary/aromatic N) is 1. The Morgan fingerprint density at radius 3 is 2.69 bits per heavy atom. The van der Waals surface area contributed by atoms with Gasteiger partial charge in [-0.3, -0.25) is 4.79 Å². The fraction of sp³-hybridized carbons (Fsp3) is 0.375. The predicted molar refractivity (Wildman–Crippen MR) is 89.4 cm³/mol. The van der Waals surface area contributed by atoms with Gasteiger partial charge in [-0.1, -0.05) is 6.07 Å². The van der Waals surface area contributed by atoms with E-state index in [4.69, 9.17) is 5.11 Å². The van der Waals surface area contributed by atoms with Crippen LogP contribution in [0.25, 0.3) is 0 Å². The summed E-state index contributed by atoms with van der Waals surface area (Å²) in [4.78, 5) is 25.6. The van der Waals surface area contributed by atoms with Gasteiger partial charge in [0, 0.05) is 17.1 Å². The molecule has 0 unspecified atom stereocenters. The Morgan fingerprint density at radius 1 is 1.42 bits per heavy atom. The van der Waals surface area contributed by atoms with E-state index in [1.165, 1.54) is 23.1 Å². The number of thioether (sulfide) groups is 1. The minimum Gasteiger partial charge on any atom is -0.466 e. The lowest BCUT2D eigenvalue weighted by molar-refractivity contribution is -0.136. The Labute approximate surface area is 152 Å². The summed E-state index contributed by atoms with van der Waals surface area (Å²) in [5.74, 6) is -1.26. The maximum absolute atomic E-state index is 12.6. The van der Waals surface area contributed by atoms with E-state index < -0.39 is 17.4 Å². The summed E-state index contributed by atoms with van der Waals surface area (Å²) < 4.78 is 42.4. The number of aliphatic hydroxyl groups is 1. The molecular formula is C16H17F3N2O4S. The first-order chi connectivity index (χ1) is 12.2. The molecule has 0 aliphatic carbocycles. The molecule has 10 heteroatoms. The molecule has 0 aromatic heterocycles. The molecule has 1 aliphatic heterocycles. The van der Waals surface area contributed by atoms with Crippen LogP contribution in [0.1, 0.15) is 5.56 Å². The Balaban J connectivity index is 2.35. The lowest BCUT2D eigenvalue weighted by Crippen LogP contribution is -2.31. The molecule has 0 saturated heterocycles. The average molecular weight is 390 g/mol. The number of aryl methyl sites for hydroxylation is 1. The number of aliphatic hydroxyl groups excluding tert-OH is 1. The summed E-state index contributed by atoms with van der Waals surface area (Å²) in [6, 6.07) is 4.07. The van der Waals surface area contributed by atoms with Gasteiger partial charge in [0.15, 0.2) is 0 Å². The van der Waals surface area contributed by atoms with E-state index in [9.17, 15) is 22.8 Å². The normalized spacial score (nSPS) is 14.8. The fourth-order valence-corrected chi connectivity index (χ4v) is 3.00. The van der Waals surface area contributed by atoms with Crippen molar-refractivity contribution in [3.8, 4) is 0 Å². The highest BCUT2D eigenvalue weighted by Gasteiger charge is 2.35. The van der Waals surface area contributed by atoms with Gasteiger partial charge < -0.3 is 20.1 Å². The van der Waals surface area contributed by atoms with Crippen molar-refractivity contribution in [2.45, 2.75) is 17.3 Å². The Morgan fingerprint density at radius 2 is 2.12 bits per heavy atom. The number of alkyl halides is 3. The molecule has 0 fully saturated rings. The molecule has 0 bridgehead atoms. The number of rotatable bonds is 6. The van der Waals surface area contributed by atoms with Gasteiger partial charge in [0.2, 0.25) is 0 Å². The standard InChI is InChI=1S/C16H17F3N2O4S/c1-9-3-4-10(26-16(17,18)19)7-12(9)20-13-11(15(24)25-2)8-21(5-6-22)14(13)23/h3-4,7,20,22H,5-6,8H2,1-2H3. The first-order valence-corrected chi connectivity index (χ1v) is 8.33. The molecule has 142 valence electrons. The van der Waals surface area contributed by atoms with E-state index in [2.05, 4.69) is 10.1 Å². The number of carbonyl (C=O) groups is 2. The number of hydrogen-bond acceptors (Lipinski definition) is 6. The zero-order valence-corrected chi connectivity index (χ0v) is 14.8. The maximum Gasteiger partial charge on any atom is 0.446 e. The largest absolute Gasteiger partial charge is 0.466 e. The van der Waals surface area contributed by atoms with Gasteiger partial charge in [0.05, 0.1) is 25.8 Å². The second-order valence-electron chi connectivity index (χ2n) is 5.44. The molecule has 6 nitrogen and oxygen atoms in total. The van der Waals surface area contributed by atoms with Crippen molar-refractivity contribution in [2.75, 3.05) is 32.1 Å². The molecule has 1 aliphatic rings. The quantitative estimate of drug-likeness (QED) is 0.573. The summed E-state index contributed by atoms with van der Waals surface area (Å²) in [6.07, 6.45) is 0. The highest BCUT2D eigenvalue weighted by molar-refractivity contribution is 8.00. The summed E-state index contributed by atoms with van der Waals surface area (Å²) >= 11 is -0.273. The third-order valence-corrected chi connectivity index (χ3v) is 4.38. The Kier molecular flexibility index (Phi) is 6.19. The average Bonchev–Trinajstić information content (AvgIpc) is 2.86. The number of nitrogens with one attached hydrogen (secondary N) is 1. The van der Waals surface area contributed by atoms with Gasteiger partial charge in [-0.15, -0.1) is 0 Å². The molecule has 0 radical (unpaired) electrons. The van der Waals surface area contributed by atoms with Crippen molar-refractivity contribution in [3.05, 3.63) is 35.0 Å². The van der Waals surface area contributed by atoms with Gasteiger partial charge in [-0.25, -0.2) is 4.79 Å². The Bertz CT molecular complexity index is 750. The number of anilines is 1. The minimum atomic E-state index is -4.44. The summed E-state index contributed by atoms with van der Waals surface area (Å²) in [5, 5.41) is 11.8. The second-order valence-corrected chi connectivity index (χ2v) is 6.58. The number of halogens is 3. The minimum absolute atomic E-state index is 0.0213. The Hall–Kier alpha value is -2.20. The molecule has 2 N–H and O–H groups in total. The van der Waals surface area contributed by atoms with Crippen LogP contribution in [0.5, 0.6) is 0 Å². The molecule has 26 heavy (non-hydrogen) atoms. The number of carbonyl (C=O) groups excluding carboxylic acids is 2. The van der Waals surface area contributed by atoms with Crippen molar-refractivity contribution < 1.29 is 32.6 Å². The van der Waals surface area contributed by atoms with Crippen molar-refractivity contribution in [1.82, 2.24) is 4.90 Å². The second kappa shape index (κ2) is 8.00. The van der Waals surface area contributed by atoms with E-state index in [0.717, 1.165) is 7.11 Å². The van der Waals surface area contributed by atoms with Crippen molar-refractivity contribution in [3.63, 3.8) is 0 Å². The van der Waals surface area contributed by atoms with Crippen LogP contribution in [0.3, 0.4) is 0 Å². The molecule has 0 saturated carbocycles. The summed E-state index contributed by atoms with van der Waals surface area (Å²) in [5.41, 5.74) is -3.58. The third-order valence-electron chi connectivity index (χ3n) is 3.66. The van der Waals surface area contributed by atoms with Gasteiger partial charge in [-0.05, 0) is 36.4 Å². The zero-order valence-electron chi connectivity index (χ0n) is 14.0. The first kappa shape index (κ1) is 20.1. The van der Waals surface area contributed by atoms with Crippen molar-refractivity contribution in [1.29, 1.82) is 0 Å². The number of methoxy groups -OCH3 is 1. The van der Waals surface area contributed by atoms with Crippen molar-refractivity contribution >= 4 is 29.3 Å². The van der Waals surface area contributed by atoms with Crippen molar-refractivity contribution in [2.24, 2.45) is 0 Å². The van der Waals surface area contributed by atoms with E-state index in [1.807, 2.05) is 0 Å². The summed E-state index contributed by atoms with van der Waals surface area (Å²) in [6.45, 7) is 1.34. The number of benzene rings is 1. The van der Waals surface area contributed by atoms with E-state index in [1.54, 1.807) is 6.92 Å². The molecular weight excluding hydrogens is 373 g/mol. The van der Waals surface area contributed by atoms with Crippen LogP contribution in [0, 0.1) is 6.92 Å². The zero-order chi connectivity index (χ0) is 19.5. The van der Waals surface area contributed by atoms with Gasteiger partial charge >= 0.3 is 11.5 Å². The lowest BCUT2D eigenvalue weighted by Gasteiger charge is -2.16. The van der Waals surface area contributed by atoms with E-state index in [0.29, 0.717) is 5.56 Å². The molecule has 0 spiro atoms. The third kappa shape index (κ3) is 4.70. The number of amides is 1. The van der Waals surface area contributed by atoms with Gasteiger partial charge in [-0.2, -0.15) is 13.2 Å². The van der Waals surface area contributed by atoms with Crippen LogP contribution < -0.4 is 5.32 Å². The van der Waals surface area contributed by atoms with Crippen LogP contribution >= 0.6 is 11.8 Å². The fourth-order valence-electron chi connectivity index (χ4n) is 2.42. The van der Waals surface area contributed by atoms with Crippen LogP contribution in [0.4, 0.5) is 18.9 Å². The maximum atomic E-state index is 12.6. The molecule has 1 aromatic rings. The molecule has 2 rings (SSSR count). The topological polar surface area (TPSA) is 78.9 Å². The molecule has 1 aromatic carbocycles. The number of hydrogen-bond donors (Lipinski definition) is 2. The molecule has 1 amide bonds. The van der Waals surface area contributed by atoms with Crippen LogP contribution in [0.15, 0.2) is 34.4 Å². The monoisotopic (exact) mass is 390 g/mol. The first-order valence-electron chi connectivity index (χ1n) is 7.51. The van der Waals surface area contributed by atoms with E-state index >= 15 is 0 Å². The lowest BCUT2D eigenvalue weighted by atomic mass is 10.1. The number of ether oxygens (including phenoxy) is 1. The highest BCUT2D eigenvalue weighted by Crippen LogP contribution is 2.38. The number of β-amino-alcohol motifs (C(OH)–C–C–N with tert-alkyl or cyclic N) is 1. The summed E-state index contributed by atoms with van der Waals surface area (Å²) in [7, 11) is 1.16. The smallest absolute Gasteiger partial charge is 0.446 e. The van der Waals surface area contributed by atoms with Gasteiger partial charge in [0.1, 0.15) is 5.70 Å². The van der Waals surface area contributed by atoms with E-state index in [-0.39, 0.29) is 53.3 Å². The highest BCUT2D eigenvalue weighted by atomic mass is 32.2. The predicted octanol–water partition coefficient (Wildman–Crippen LogP) is 2.28. The van der Waals surface area contributed by atoms with Crippen LogP contribution in [-0.4, -0.2) is 54.2 Å². The molecule has 1 heterocycles. The van der Waals surface area contributed by atoms with Crippen LogP contribution in [0.2, 0.25) is 0 Å². The van der Waals surface area contributed by atoms with Crippen LogP contribution in [-0.2, 0) is 14.3 Å². The SMILES string of the molecule is COC(=O)C1=C(Nc2cc(SC(F)(F)F)ccc2C)C(=O)N(CCO)C1.